The van der Waals surface area contributed by atoms with Crippen LogP contribution in [0.4, 0.5) is 5.69 Å². The van der Waals surface area contributed by atoms with Crippen LogP contribution >= 0.6 is 12.2 Å². The molecule has 0 aliphatic rings. The molecule has 4 heteroatoms. The van der Waals surface area contributed by atoms with E-state index in [4.69, 9.17) is 17.0 Å². The maximum Gasteiger partial charge on any atom is 0.170 e. The molecule has 2 N–H and O–H groups in total. The van der Waals surface area contributed by atoms with Gasteiger partial charge in [0, 0.05) is 25.9 Å². The quantitative estimate of drug-likeness (QED) is 0.604. The molecule has 0 spiro atoms. The summed E-state index contributed by atoms with van der Waals surface area (Å²) in [4.78, 5) is 0. The van der Waals surface area contributed by atoms with Gasteiger partial charge in [-0.1, -0.05) is 48.5 Å². The van der Waals surface area contributed by atoms with Gasteiger partial charge in [-0.25, -0.2) is 0 Å². The zero-order chi connectivity index (χ0) is 15.6. The molecule has 22 heavy (non-hydrogen) atoms. The molecule has 0 saturated heterocycles. The molecule has 3 nitrogen and oxygen atoms in total. The summed E-state index contributed by atoms with van der Waals surface area (Å²) in [5, 5.41) is 7.13. The summed E-state index contributed by atoms with van der Waals surface area (Å²) in [6.07, 6.45) is 1.82. The van der Waals surface area contributed by atoms with Crippen LogP contribution in [-0.2, 0) is 11.2 Å². The van der Waals surface area contributed by atoms with E-state index >= 15 is 0 Å². The SMILES string of the molecule is COCCCNC(=S)Nc1ccccc1Cc1ccccc1. The molecule has 0 atom stereocenters. The van der Waals surface area contributed by atoms with Crippen molar-refractivity contribution < 1.29 is 4.74 Å². The van der Waals surface area contributed by atoms with Crippen molar-refractivity contribution in [1.29, 1.82) is 0 Å². The Bertz CT molecular complexity index is 587. The molecule has 0 unspecified atom stereocenters. The van der Waals surface area contributed by atoms with Gasteiger partial charge in [-0.05, 0) is 42.3 Å². The summed E-state index contributed by atoms with van der Waals surface area (Å²) in [6.45, 7) is 1.54. The van der Waals surface area contributed by atoms with Crippen LogP contribution in [-0.4, -0.2) is 25.4 Å². The molecule has 0 fully saturated rings. The molecular formula is C18H22N2OS. The van der Waals surface area contributed by atoms with Gasteiger partial charge in [-0.15, -0.1) is 0 Å². The van der Waals surface area contributed by atoms with Crippen molar-refractivity contribution >= 4 is 23.0 Å². The van der Waals surface area contributed by atoms with E-state index in [0.29, 0.717) is 5.11 Å². The van der Waals surface area contributed by atoms with Gasteiger partial charge in [0.05, 0.1) is 0 Å². The van der Waals surface area contributed by atoms with E-state index < -0.39 is 0 Å². The topological polar surface area (TPSA) is 33.3 Å². The highest BCUT2D eigenvalue weighted by molar-refractivity contribution is 7.80. The van der Waals surface area contributed by atoms with Gasteiger partial charge in [-0.3, -0.25) is 0 Å². The predicted molar refractivity (Wildman–Crippen MR) is 96.4 cm³/mol. The lowest BCUT2D eigenvalue weighted by Crippen LogP contribution is -2.30. The number of hydrogen-bond donors (Lipinski definition) is 2. The van der Waals surface area contributed by atoms with Gasteiger partial charge < -0.3 is 15.4 Å². The fraction of sp³-hybridized carbons (Fsp3) is 0.278. The summed E-state index contributed by atoms with van der Waals surface area (Å²) in [5.41, 5.74) is 3.57. The maximum absolute atomic E-state index is 5.35. The second kappa shape index (κ2) is 9.18. The van der Waals surface area contributed by atoms with Crippen LogP contribution in [0.5, 0.6) is 0 Å². The number of methoxy groups -OCH3 is 1. The summed E-state index contributed by atoms with van der Waals surface area (Å²) in [6, 6.07) is 18.7. The van der Waals surface area contributed by atoms with Crippen molar-refractivity contribution in [2.24, 2.45) is 0 Å². The maximum atomic E-state index is 5.35. The Morgan fingerprint density at radius 1 is 1.05 bits per heavy atom. The number of hydrogen-bond acceptors (Lipinski definition) is 2. The molecule has 0 aliphatic heterocycles. The Kier molecular flexibility index (Phi) is 6.87. The zero-order valence-electron chi connectivity index (χ0n) is 12.8. The van der Waals surface area contributed by atoms with Gasteiger partial charge in [0.2, 0.25) is 0 Å². The molecule has 0 saturated carbocycles. The minimum atomic E-state index is 0.650. The highest BCUT2D eigenvalue weighted by Gasteiger charge is 2.04. The number of nitrogens with one attached hydrogen (secondary N) is 2. The van der Waals surface area contributed by atoms with Crippen molar-refractivity contribution in [3.05, 3.63) is 65.7 Å². The van der Waals surface area contributed by atoms with Crippen LogP contribution in [0.2, 0.25) is 0 Å². The third kappa shape index (κ3) is 5.47. The van der Waals surface area contributed by atoms with Gasteiger partial charge in [0.1, 0.15) is 0 Å². The fourth-order valence-corrected chi connectivity index (χ4v) is 2.41. The summed E-state index contributed by atoms with van der Waals surface area (Å²) in [5.74, 6) is 0. The molecule has 2 aromatic carbocycles. The van der Waals surface area contributed by atoms with Crippen molar-refractivity contribution in [3.63, 3.8) is 0 Å². The van der Waals surface area contributed by atoms with Gasteiger partial charge in [0.25, 0.3) is 0 Å². The molecule has 0 amide bonds. The van der Waals surface area contributed by atoms with E-state index in [1.165, 1.54) is 11.1 Å². The average Bonchev–Trinajstić information content (AvgIpc) is 2.54. The van der Waals surface area contributed by atoms with Crippen molar-refractivity contribution in [1.82, 2.24) is 5.32 Å². The molecule has 0 heterocycles. The third-order valence-corrected chi connectivity index (χ3v) is 3.56. The second-order valence-corrected chi connectivity index (χ2v) is 5.46. The summed E-state index contributed by atoms with van der Waals surface area (Å²) < 4.78 is 5.02. The van der Waals surface area contributed by atoms with Crippen molar-refractivity contribution in [2.45, 2.75) is 12.8 Å². The Morgan fingerprint density at radius 2 is 1.77 bits per heavy atom. The van der Waals surface area contributed by atoms with Gasteiger partial charge in [0.15, 0.2) is 5.11 Å². The number of rotatable bonds is 7. The standard InChI is InChI=1S/C18H22N2OS/c1-21-13-7-12-19-18(22)20-17-11-6-5-10-16(17)14-15-8-3-2-4-9-15/h2-6,8-11H,7,12-14H2,1H3,(H2,19,20,22). The first-order valence-corrected chi connectivity index (χ1v) is 7.86. The minimum Gasteiger partial charge on any atom is -0.385 e. The molecule has 0 radical (unpaired) electrons. The zero-order valence-corrected chi connectivity index (χ0v) is 13.7. The summed E-state index contributed by atoms with van der Waals surface area (Å²) in [7, 11) is 1.70. The lowest BCUT2D eigenvalue weighted by atomic mass is 10.0. The Morgan fingerprint density at radius 3 is 2.55 bits per heavy atom. The van der Waals surface area contributed by atoms with Crippen LogP contribution in [0.25, 0.3) is 0 Å². The van der Waals surface area contributed by atoms with Crippen molar-refractivity contribution in [2.75, 3.05) is 25.6 Å². The highest BCUT2D eigenvalue weighted by atomic mass is 32.1. The smallest absolute Gasteiger partial charge is 0.170 e. The fourth-order valence-electron chi connectivity index (χ4n) is 2.20. The number of anilines is 1. The van der Waals surface area contributed by atoms with E-state index in [0.717, 1.165) is 31.7 Å². The molecule has 0 aliphatic carbocycles. The number of thiocarbonyl (C=S) groups is 1. The molecule has 0 bridgehead atoms. The first-order chi connectivity index (χ1) is 10.8. The Balaban J connectivity index is 1.95. The molecule has 2 rings (SSSR count). The lowest BCUT2D eigenvalue weighted by Gasteiger charge is -2.14. The van der Waals surface area contributed by atoms with E-state index in [1.54, 1.807) is 7.11 Å². The van der Waals surface area contributed by atoms with Crippen LogP contribution in [0.3, 0.4) is 0 Å². The molecule has 2 aromatic rings. The molecule has 116 valence electrons. The van der Waals surface area contributed by atoms with Crippen LogP contribution in [0, 0.1) is 0 Å². The van der Waals surface area contributed by atoms with Crippen molar-refractivity contribution in [3.8, 4) is 0 Å². The van der Waals surface area contributed by atoms with Crippen LogP contribution in [0.15, 0.2) is 54.6 Å². The monoisotopic (exact) mass is 314 g/mol. The lowest BCUT2D eigenvalue weighted by molar-refractivity contribution is 0.196. The minimum absolute atomic E-state index is 0.650. The first-order valence-electron chi connectivity index (χ1n) is 7.45. The predicted octanol–water partition coefficient (Wildman–Crippen LogP) is 3.60. The summed E-state index contributed by atoms with van der Waals surface area (Å²) >= 11 is 5.35. The van der Waals surface area contributed by atoms with Gasteiger partial charge in [-0.2, -0.15) is 0 Å². The number of ether oxygens (including phenoxy) is 1. The largest absolute Gasteiger partial charge is 0.385 e. The highest BCUT2D eigenvalue weighted by Crippen LogP contribution is 2.19. The van der Waals surface area contributed by atoms with E-state index in [-0.39, 0.29) is 0 Å². The average molecular weight is 314 g/mol. The normalized spacial score (nSPS) is 10.2. The Labute approximate surface area is 137 Å². The Hall–Kier alpha value is -1.91. The van der Waals surface area contributed by atoms with Gasteiger partial charge >= 0.3 is 0 Å². The number of para-hydroxylation sites is 1. The van der Waals surface area contributed by atoms with E-state index in [2.05, 4.69) is 53.1 Å². The van der Waals surface area contributed by atoms with E-state index in [1.807, 2.05) is 12.1 Å². The first kappa shape index (κ1) is 16.5. The molecular weight excluding hydrogens is 292 g/mol. The second-order valence-electron chi connectivity index (χ2n) is 5.05. The van der Waals surface area contributed by atoms with Crippen LogP contribution < -0.4 is 10.6 Å². The van der Waals surface area contributed by atoms with E-state index in [9.17, 15) is 0 Å². The van der Waals surface area contributed by atoms with Crippen LogP contribution in [0.1, 0.15) is 17.5 Å². The third-order valence-electron chi connectivity index (χ3n) is 3.31. The number of benzene rings is 2. The molecule has 0 aromatic heterocycles.